The molecule has 2 N–H and O–H groups in total. The average molecular weight is 396 g/mol. The van der Waals surface area contributed by atoms with Crippen LogP contribution in [0.1, 0.15) is 21.7 Å². The Morgan fingerprint density at radius 1 is 1.07 bits per heavy atom. The summed E-state index contributed by atoms with van der Waals surface area (Å²) in [7, 11) is 3.05. The Balaban J connectivity index is 1.79. The number of carbonyl (C=O) groups excluding carboxylic acids is 1. The molecule has 0 spiro atoms. The number of aryl methyl sites for hydroxylation is 1. The van der Waals surface area contributed by atoms with Gasteiger partial charge in [0.1, 0.15) is 23.0 Å². The van der Waals surface area contributed by atoms with Gasteiger partial charge in [-0.3, -0.25) is 4.79 Å². The zero-order valence-corrected chi connectivity index (χ0v) is 16.3. The van der Waals surface area contributed by atoms with Gasteiger partial charge in [-0.05, 0) is 31.2 Å². The molecule has 29 heavy (non-hydrogen) atoms. The van der Waals surface area contributed by atoms with Gasteiger partial charge in [-0.1, -0.05) is 18.2 Å². The van der Waals surface area contributed by atoms with Crippen molar-refractivity contribution in [1.82, 2.24) is 9.97 Å². The van der Waals surface area contributed by atoms with Crippen LogP contribution < -0.4 is 20.1 Å². The molecule has 0 saturated carbocycles. The van der Waals surface area contributed by atoms with Crippen molar-refractivity contribution in [2.75, 3.05) is 24.9 Å². The molecular weight excluding hydrogens is 375 g/mol. The van der Waals surface area contributed by atoms with Gasteiger partial charge in [-0.25, -0.2) is 14.4 Å². The molecule has 1 heterocycles. The largest absolute Gasteiger partial charge is 0.497 e. The van der Waals surface area contributed by atoms with Gasteiger partial charge in [0.15, 0.2) is 0 Å². The maximum atomic E-state index is 13.8. The minimum Gasteiger partial charge on any atom is -0.497 e. The molecule has 7 nitrogen and oxygen atoms in total. The minimum absolute atomic E-state index is 0.165. The summed E-state index contributed by atoms with van der Waals surface area (Å²) in [5.74, 6) is 0.540. The number of benzene rings is 2. The topological polar surface area (TPSA) is 85.4 Å². The fraction of sp³-hybridized carbons (Fsp3) is 0.190. The van der Waals surface area contributed by atoms with E-state index in [0.29, 0.717) is 28.4 Å². The Bertz CT molecular complexity index is 1030. The monoisotopic (exact) mass is 396 g/mol. The lowest BCUT2D eigenvalue weighted by Gasteiger charge is -2.12. The van der Waals surface area contributed by atoms with Crippen LogP contribution in [0.4, 0.5) is 16.0 Å². The molecule has 0 aliphatic rings. The molecule has 150 valence electrons. The number of carbonyl (C=O) groups is 1. The van der Waals surface area contributed by atoms with E-state index in [2.05, 4.69) is 20.6 Å². The van der Waals surface area contributed by atoms with Crippen LogP contribution in [0, 0.1) is 12.7 Å². The predicted molar refractivity (Wildman–Crippen MR) is 108 cm³/mol. The average Bonchev–Trinajstić information content (AvgIpc) is 2.72. The summed E-state index contributed by atoms with van der Waals surface area (Å²) in [6, 6.07) is 13.1. The van der Waals surface area contributed by atoms with E-state index in [4.69, 9.17) is 9.47 Å². The molecule has 0 aliphatic carbocycles. The van der Waals surface area contributed by atoms with E-state index < -0.39 is 5.91 Å². The molecule has 0 radical (unpaired) electrons. The quantitative estimate of drug-likeness (QED) is 0.632. The van der Waals surface area contributed by atoms with Crippen LogP contribution in [0.3, 0.4) is 0 Å². The van der Waals surface area contributed by atoms with Crippen molar-refractivity contribution in [1.29, 1.82) is 0 Å². The van der Waals surface area contributed by atoms with Gasteiger partial charge in [0.05, 0.1) is 19.9 Å². The molecule has 3 aromatic rings. The molecule has 0 saturated heterocycles. The number of amides is 1. The Morgan fingerprint density at radius 2 is 1.86 bits per heavy atom. The summed E-state index contributed by atoms with van der Waals surface area (Å²) < 4.78 is 24.3. The Morgan fingerprint density at radius 3 is 2.59 bits per heavy atom. The third-order valence-electron chi connectivity index (χ3n) is 4.14. The number of rotatable bonds is 7. The minimum atomic E-state index is -0.434. The summed E-state index contributed by atoms with van der Waals surface area (Å²) >= 11 is 0. The van der Waals surface area contributed by atoms with Crippen molar-refractivity contribution in [2.24, 2.45) is 0 Å². The van der Waals surface area contributed by atoms with Crippen LogP contribution in [0.25, 0.3) is 0 Å². The summed E-state index contributed by atoms with van der Waals surface area (Å²) in [5.41, 5.74) is 1.69. The zero-order valence-electron chi connectivity index (χ0n) is 16.3. The van der Waals surface area contributed by atoms with Gasteiger partial charge >= 0.3 is 0 Å². The first-order valence-corrected chi connectivity index (χ1v) is 8.86. The highest BCUT2D eigenvalue weighted by Crippen LogP contribution is 2.29. The van der Waals surface area contributed by atoms with E-state index >= 15 is 0 Å². The fourth-order valence-electron chi connectivity index (χ4n) is 2.68. The number of halogens is 1. The van der Waals surface area contributed by atoms with E-state index in [1.54, 1.807) is 49.4 Å². The number of nitrogens with zero attached hydrogens (tertiary/aromatic N) is 2. The third kappa shape index (κ3) is 4.98. The number of anilines is 2. The van der Waals surface area contributed by atoms with Crippen LogP contribution in [0.2, 0.25) is 0 Å². The highest BCUT2D eigenvalue weighted by atomic mass is 19.1. The van der Waals surface area contributed by atoms with Crippen LogP contribution in [0.5, 0.6) is 11.5 Å². The molecule has 1 amide bonds. The lowest BCUT2D eigenvalue weighted by atomic mass is 10.2. The summed E-state index contributed by atoms with van der Waals surface area (Å²) in [6.07, 6.45) is 0. The van der Waals surface area contributed by atoms with Crippen molar-refractivity contribution < 1.29 is 18.7 Å². The normalized spacial score (nSPS) is 10.3. The Kier molecular flexibility index (Phi) is 6.23. The molecule has 0 fully saturated rings. The van der Waals surface area contributed by atoms with E-state index in [1.807, 2.05) is 0 Å². The number of hydrogen-bond donors (Lipinski definition) is 2. The van der Waals surface area contributed by atoms with Crippen molar-refractivity contribution in [3.05, 3.63) is 71.3 Å². The molecule has 8 heteroatoms. The van der Waals surface area contributed by atoms with Crippen LogP contribution >= 0.6 is 0 Å². The van der Waals surface area contributed by atoms with E-state index in [1.165, 1.54) is 20.3 Å². The lowest BCUT2D eigenvalue weighted by Crippen LogP contribution is -2.17. The highest BCUT2D eigenvalue weighted by Gasteiger charge is 2.14. The van der Waals surface area contributed by atoms with Crippen molar-refractivity contribution in [3.63, 3.8) is 0 Å². The second-order valence-corrected chi connectivity index (χ2v) is 6.18. The van der Waals surface area contributed by atoms with Crippen molar-refractivity contribution >= 4 is 17.5 Å². The van der Waals surface area contributed by atoms with E-state index in [9.17, 15) is 9.18 Å². The summed E-state index contributed by atoms with van der Waals surface area (Å²) in [6.45, 7) is 1.94. The Labute approximate surface area is 167 Å². The van der Waals surface area contributed by atoms with Crippen molar-refractivity contribution in [2.45, 2.75) is 13.5 Å². The molecule has 3 rings (SSSR count). The number of hydrogen-bond acceptors (Lipinski definition) is 6. The fourth-order valence-corrected chi connectivity index (χ4v) is 2.68. The standard InChI is InChI=1S/C21H21FN4O3/c1-13-10-18(20(27)25-17-11-15(28-2)8-9-19(17)29-3)26-21(24-13)23-12-14-6-4-5-7-16(14)22/h4-11H,12H2,1-3H3,(H,25,27)(H,23,24,26). The van der Waals surface area contributed by atoms with Gasteiger partial charge in [-0.15, -0.1) is 0 Å². The maximum Gasteiger partial charge on any atom is 0.274 e. The maximum absolute atomic E-state index is 13.8. The third-order valence-corrected chi connectivity index (χ3v) is 4.14. The molecule has 0 aliphatic heterocycles. The molecule has 1 aromatic heterocycles. The van der Waals surface area contributed by atoms with Gasteiger partial charge < -0.3 is 20.1 Å². The van der Waals surface area contributed by atoms with Crippen molar-refractivity contribution in [3.8, 4) is 11.5 Å². The van der Waals surface area contributed by atoms with Gasteiger partial charge in [0.25, 0.3) is 5.91 Å². The van der Waals surface area contributed by atoms with Gasteiger partial charge in [0.2, 0.25) is 5.95 Å². The summed E-state index contributed by atoms with van der Waals surface area (Å²) in [5, 5.41) is 5.72. The van der Waals surface area contributed by atoms with Gasteiger partial charge in [0, 0.05) is 23.9 Å². The zero-order chi connectivity index (χ0) is 20.8. The number of ether oxygens (including phenoxy) is 2. The van der Waals surface area contributed by atoms with E-state index in [0.717, 1.165) is 0 Å². The number of methoxy groups -OCH3 is 2. The molecular formula is C21H21FN4O3. The smallest absolute Gasteiger partial charge is 0.274 e. The van der Waals surface area contributed by atoms with Crippen LogP contribution in [-0.2, 0) is 6.54 Å². The molecule has 0 unspecified atom stereocenters. The van der Waals surface area contributed by atoms with E-state index in [-0.39, 0.29) is 24.0 Å². The number of aromatic nitrogens is 2. The first kappa shape index (κ1) is 20.1. The van der Waals surface area contributed by atoms with Crippen LogP contribution in [-0.4, -0.2) is 30.1 Å². The highest BCUT2D eigenvalue weighted by molar-refractivity contribution is 6.04. The molecule has 2 aromatic carbocycles. The first-order chi connectivity index (χ1) is 14.0. The second-order valence-electron chi connectivity index (χ2n) is 6.18. The number of nitrogens with one attached hydrogen (secondary N) is 2. The summed E-state index contributed by atoms with van der Waals surface area (Å²) in [4.78, 5) is 21.2. The second kappa shape index (κ2) is 9.01. The van der Waals surface area contributed by atoms with Gasteiger partial charge in [-0.2, -0.15) is 0 Å². The SMILES string of the molecule is COc1ccc(OC)c(NC(=O)c2cc(C)nc(NCc3ccccc3F)n2)c1. The molecule has 0 bridgehead atoms. The Hall–Kier alpha value is -3.68. The first-order valence-electron chi connectivity index (χ1n) is 8.86. The lowest BCUT2D eigenvalue weighted by molar-refractivity contribution is 0.102. The van der Waals surface area contributed by atoms with Crippen LogP contribution in [0.15, 0.2) is 48.5 Å². The predicted octanol–water partition coefficient (Wildman–Crippen LogP) is 3.81. The molecule has 0 atom stereocenters.